The van der Waals surface area contributed by atoms with Crippen molar-refractivity contribution < 1.29 is 4.74 Å². The lowest BCUT2D eigenvalue weighted by atomic mass is 9.82. The first-order chi connectivity index (χ1) is 7.54. The largest absolute Gasteiger partial charge is 0.367 e. The number of thioether (sulfide) groups is 1. The number of hydrogen-bond donors (Lipinski definition) is 0. The summed E-state index contributed by atoms with van der Waals surface area (Å²) in [7, 11) is 0. The molecule has 2 atom stereocenters. The van der Waals surface area contributed by atoms with Gasteiger partial charge in [0.1, 0.15) is 5.44 Å². The highest BCUT2D eigenvalue weighted by Crippen LogP contribution is 2.36. The monoisotopic (exact) mass is 240 g/mol. The van der Waals surface area contributed by atoms with Crippen molar-refractivity contribution in [3.8, 4) is 12.3 Å². The first-order valence-corrected chi connectivity index (χ1v) is 7.25. The van der Waals surface area contributed by atoms with E-state index in [-0.39, 0.29) is 0 Å². The highest BCUT2D eigenvalue weighted by molar-refractivity contribution is 7.99. The molecule has 1 saturated heterocycles. The minimum absolute atomic E-state index is 0.376. The Morgan fingerprint density at radius 3 is 2.62 bits per heavy atom. The third-order valence-electron chi connectivity index (χ3n) is 3.20. The van der Waals surface area contributed by atoms with E-state index in [4.69, 9.17) is 11.2 Å². The second kappa shape index (κ2) is 6.57. The molecule has 0 saturated carbocycles. The fraction of sp³-hybridized carbons (Fsp3) is 0.857. The Morgan fingerprint density at radius 1 is 1.38 bits per heavy atom. The molecule has 0 bridgehead atoms. The van der Waals surface area contributed by atoms with Crippen molar-refractivity contribution >= 4 is 11.8 Å². The van der Waals surface area contributed by atoms with Gasteiger partial charge in [0.05, 0.1) is 6.61 Å². The summed E-state index contributed by atoms with van der Waals surface area (Å²) in [5.74, 6) is 4.62. The van der Waals surface area contributed by atoms with Crippen LogP contribution in [0.5, 0.6) is 0 Å². The molecule has 1 rings (SSSR count). The van der Waals surface area contributed by atoms with E-state index in [0.29, 0.717) is 16.8 Å². The van der Waals surface area contributed by atoms with E-state index in [0.717, 1.165) is 25.9 Å². The summed E-state index contributed by atoms with van der Waals surface area (Å²) in [6.07, 6.45) is 9.62. The van der Waals surface area contributed by atoms with Gasteiger partial charge in [0.2, 0.25) is 0 Å². The number of ether oxygens (including phenoxy) is 1. The topological polar surface area (TPSA) is 9.23 Å². The molecule has 1 nitrogen and oxygen atoms in total. The van der Waals surface area contributed by atoms with Crippen LogP contribution in [0, 0.1) is 23.7 Å². The lowest BCUT2D eigenvalue weighted by Gasteiger charge is -2.36. The van der Waals surface area contributed by atoms with Crippen molar-refractivity contribution in [2.45, 2.75) is 51.9 Å². The fourth-order valence-electron chi connectivity index (χ4n) is 1.75. The van der Waals surface area contributed by atoms with Crippen LogP contribution in [-0.2, 0) is 4.74 Å². The van der Waals surface area contributed by atoms with Gasteiger partial charge in [0, 0.05) is 12.2 Å². The van der Waals surface area contributed by atoms with Crippen molar-refractivity contribution in [1.82, 2.24) is 0 Å². The summed E-state index contributed by atoms with van der Waals surface area (Å²) >= 11 is 1.98. The molecule has 92 valence electrons. The molecule has 0 N–H and O–H groups in total. The number of terminal acetylenes is 1. The zero-order chi connectivity index (χ0) is 12.0. The molecule has 2 unspecified atom stereocenters. The summed E-state index contributed by atoms with van der Waals surface area (Å²) in [6, 6.07) is 0. The first-order valence-electron chi connectivity index (χ1n) is 6.20. The van der Waals surface area contributed by atoms with Crippen LogP contribution in [0.15, 0.2) is 0 Å². The van der Waals surface area contributed by atoms with Crippen LogP contribution in [-0.4, -0.2) is 17.8 Å². The first kappa shape index (κ1) is 13.9. The summed E-state index contributed by atoms with van der Waals surface area (Å²) in [5.41, 5.74) is 0.790. The molecule has 0 radical (unpaired) electrons. The van der Waals surface area contributed by atoms with E-state index in [1.54, 1.807) is 0 Å². The van der Waals surface area contributed by atoms with Crippen LogP contribution in [0.3, 0.4) is 0 Å². The molecular weight excluding hydrogens is 216 g/mol. The number of hydrogen-bond acceptors (Lipinski definition) is 2. The maximum atomic E-state index is 5.91. The van der Waals surface area contributed by atoms with E-state index in [1.165, 1.54) is 12.2 Å². The molecule has 0 aromatic carbocycles. The molecule has 0 amide bonds. The van der Waals surface area contributed by atoms with E-state index in [1.807, 2.05) is 11.8 Å². The average molecular weight is 240 g/mol. The van der Waals surface area contributed by atoms with Crippen molar-refractivity contribution in [3.63, 3.8) is 0 Å². The van der Waals surface area contributed by atoms with Crippen molar-refractivity contribution in [3.05, 3.63) is 0 Å². The van der Waals surface area contributed by atoms with Crippen molar-refractivity contribution in [1.29, 1.82) is 0 Å². The van der Waals surface area contributed by atoms with Crippen LogP contribution in [0.1, 0.15) is 46.5 Å². The highest BCUT2D eigenvalue weighted by atomic mass is 32.2. The Labute approximate surface area is 105 Å². The minimum Gasteiger partial charge on any atom is -0.367 e. The normalized spacial score (nSPS) is 26.4. The van der Waals surface area contributed by atoms with Gasteiger partial charge in [0.15, 0.2) is 0 Å². The summed E-state index contributed by atoms with van der Waals surface area (Å²) in [5, 5.41) is 0. The smallest absolute Gasteiger partial charge is 0.103 e. The van der Waals surface area contributed by atoms with Crippen molar-refractivity contribution in [2.24, 2.45) is 11.3 Å². The highest BCUT2D eigenvalue weighted by Gasteiger charge is 2.30. The number of rotatable bonds is 4. The maximum Gasteiger partial charge on any atom is 0.103 e. The molecule has 1 aliphatic heterocycles. The van der Waals surface area contributed by atoms with Gasteiger partial charge in [-0.2, -0.15) is 0 Å². The van der Waals surface area contributed by atoms with Crippen LogP contribution in [0.2, 0.25) is 0 Å². The zero-order valence-corrected chi connectivity index (χ0v) is 11.6. The van der Waals surface area contributed by atoms with E-state index in [2.05, 4.69) is 26.7 Å². The quantitative estimate of drug-likeness (QED) is 0.544. The van der Waals surface area contributed by atoms with Gasteiger partial charge in [-0.15, -0.1) is 24.1 Å². The molecule has 0 aromatic heterocycles. The molecule has 1 fully saturated rings. The molecular formula is C14H24OS. The Hall–Kier alpha value is -0.130. The Bertz CT molecular complexity index is 228. The molecule has 2 heteroatoms. The summed E-state index contributed by atoms with van der Waals surface area (Å²) < 4.78 is 5.91. The van der Waals surface area contributed by atoms with Gasteiger partial charge >= 0.3 is 0 Å². The van der Waals surface area contributed by atoms with Crippen LogP contribution < -0.4 is 0 Å². The predicted octanol–water partition coefficient (Wildman–Crippen LogP) is 3.93. The SMILES string of the molecule is C#CCCCCC1OCC(C(C)(C)C)CS1. The van der Waals surface area contributed by atoms with E-state index in [9.17, 15) is 0 Å². The zero-order valence-electron chi connectivity index (χ0n) is 10.8. The molecule has 1 heterocycles. The van der Waals surface area contributed by atoms with Crippen LogP contribution in [0.25, 0.3) is 0 Å². The Kier molecular flexibility index (Phi) is 5.72. The number of unbranched alkanes of at least 4 members (excludes halogenated alkanes) is 2. The molecule has 16 heavy (non-hydrogen) atoms. The molecule has 0 spiro atoms. The van der Waals surface area contributed by atoms with Crippen LogP contribution >= 0.6 is 11.8 Å². The Balaban J connectivity index is 2.15. The molecule has 1 aliphatic rings. The average Bonchev–Trinajstić information content (AvgIpc) is 2.24. The van der Waals surface area contributed by atoms with Crippen LogP contribution in [0.4, 0.5) is 0 Å². The lowest BCUT2D eigenvalue weighted by molar-refractivity contribution is 0.0359. The van der Waals surface area contributed by atoms with Gasteiger partial charge in [-0.1, -0.05) is 20.8 Å². The van der Waals surface area contributed by atoms with Gasteiger partial charge < -0.3 is 4.74 Å². The third kappa shape index (κ3) is 4.80. The maximum absolute atomic E-state index is 5.91. The van der Waals surface area contributed by atoms with Crippen molar-refractivity contribution in [2.75, 3.05) is 12.4 Å². The summed E-state index contributed by atoms with van der Waals surface area (Å²) in [6.45, 7) is 7.83. The van der Waals surface area contributed by atoms with E-state index >= 15 is 0 Å². The Morgan fingerprint density at radius 2 is 2.12 bits per heavy atom. The van der Waals surface area contributed by atoms with Gasteiger partial charge in [-0.25, -0.2) is 0 Å². The van der Waals surface area contributed by atoms with Gasteiger partial charge in [-0.05, 0) is 30.6 Å². The molecule has 0 aliphatic carbocycles. The lowest BCUT2D eigenvalue weighted by Crippen LogP contribution is -2.33. The second-order valence-corrected chi connectivity index (χ2v) is 6.80. The standard InChI is InChI=1S/C14H24OS/c1-5-6-7-8-9-13-15-10-12(11-16-13)14(2,3)4/h1,12-13H,6-11H2,2-4H3. The predicted molar refractivity (Wildman–Crippen MR) is 72.4 cm³/mol. The summed E-state index contributed by atoms with van der Waals surface area (Å²) in [4.78, 5) is 0. The fourth-order valence-corrected chi connectivity index (χ4v) is 3.30. The second-order valence-electron chi connectivity index (χ2n) is 5.61. The van der Waals surface area contributed by atoms with Gasteiger partial charge in [-0.3, -0.25) is 0 Å². The minimum atomic E-state index is 0.376. The third-order valence-corrected chi connectivity index (χ3v) is 4.54. The van der Waals surface area contributed by atoms with Gasteiger partial charge in [0.25, 0.3) is 0 Å². The van der Waals surface area contributed by atoms with E-state index < -0.39 is 0 Å². The molecule has 0 aromatic rings.